The van der Waals surface area contributed by atoms with Crippen LogP contribution >= 0.6 is 0 Å². The van der Waals surface area contributed by atoms with Crippen LogP contribution < -0.4 is 0 Å². The molecular formula is C22H40O. The minimum Gasteiger partial charge on any atom is -0.378 e. The van der Waals surface area contributed by atoms with Crippen molar-refractivity contribution in [3.63, 3.8) is 0 Å². The molecule has 1 nitrogen and oxygen atoms in total. The van der Waals surface area contributed by atoms with Gasteiger partial charge in [-0.1, -0.05) is 52.2 Å². The first kappa shape index (κ1) is 19.0. The van der Waals surface area contributed by atoms with E-state index in [4.69, 9.17) is 4.74 Å². The van der Waals surface area contributed by atoms with Crippen LogP contribution in [0.1, 0.15) is 85.5 Å². The van der Waals surface area contributed by atoms with Crippen LogP contribution in [0.2, 0.25) is 0 Å². The van der Waals surface area contributed by atoms with Crippen LogP contribution in [-0.2, 0) is 4.74 Å². The number of unbranched alkanes of at least 4 members (excludes halogenated alkanes) is 1. The van der Waals surface area contributed by atoms with Crippen molar-refractivity contribution in [2.45, 2.75) is 91.6 Å². The summed E-state index contributed by atoms with van der Waals surface area (Å²) in [4.78, 5) is 0. The van der Waals surface area contributed by atoms with Gasteiger partial charge in [0.15, 0.2) is 0 Å². The lowest BCUT2D eigenvalue weighted by molar-refractivity contribution is -0.0286. The highest BCUT2D eigenvalue weighted by Gasteiger charge is 2.33. The molecule has 134 valence electrons. The first-order valence-corrected chi connectivity index (χ1v) is 10.5. The molecule has 2 rings (SSSR count). The highest BCUT2D eigenvalue weighted by Crippen LogP contribution is 2.38. The second-order valence-electron chi connectivity index (χ2n) is 8.26. The molecule has 0 bridgehead atoms. The maximum Gasteiger partial charge on any atom is 0.0603 e. The Morgan fingerprint density at radius 3 is 2.26 bits per heavy atom. The molecule has 2 aliphatic rings. The van der Waals surface area contributed by atoms with Crippen molar-refractivity contribution in [1.29, 1.82) is 0 Å². The largest absolute Gasteiger partial charge is 0.378 e. The van der Waals surface area contributed by atoms with E-state index in [0.29, 0.717) is 12.0 Å². The maximum absolute atomic E-state index is 5.93. The molecule has 0 heterocycles. The summed E-state index contributed by atoms with van der Waals surface area (Å²) in [7, 11) is 0. The van der Waals surface area contributed by atoms with E-state index in [1.54, 1.807) is 0 Å². The summed E-state index contributed by atoms with van der Waals surface area (Å²) in [6.07, 6.45) is 18.3. The molecule has 0 aromatic rings. The topological polar surface area (TPSA) is 9.23 Å². The van der Waals surface area contributed by atoms with Crippen molar-refractivity contribution in [2.75, 3.05) is 6.61 Å². The standard InChI is InChI=1S/C22H40O/c1-5-7-8-19-9-11-20(12-10-19)13-14-21-15-16-22(23-6-2)18(4)17(21)3/h13-14,17-22H,5-12,15-16H2,1-4H3. The van der Waals surface area contributed by atoms with Crippen molar-refractivity contribution in [3.8, 4) is 0 Å². The van der Waals surface area contributed by atoms with Gasteiger partial charge >= 0.3 is 0 Å². The molecule has 0 spiro atoms. The van der Waals surface area contributed by atoms with Gasteiger partial charge in [-0.05, 0) is 75.0 Å². The molecule has 0 N–H and O–H groups in total. The van der Waals surface area contributed by atoms with E-state index in [2.05, 4.69) is 39.8 Å². The van der Waals surface area contributed by atoms with Crippen LogP contribution in [0.4, 0.5) is 0 Å². The molecule has 1 heteroatoms. The fraction of sp³-hybridized carbons (Fsp3) is 0.909. The van der Waals surface area contributed by atoms with E-state index in [1.165, 1.54) is 57.8 Å². The van der Waals surface area contributed by atoms with E-state index in [9.17, 15) is 0 Å². The third kappa shape index (κ3) is 5.62. The Bertz CT molecular complexity index is 340. The number of rotatable bonds is 7. The summed E-state index contributed by atoms with van der Waals surface area (Å²) in [6, 6.07) is 0. The van der Waals surface area contributed by atoms with E-state index in [1.807, 2.05) is 0 Å². The average Bonchev–Trinajstić information content (AvgIpc) is 2.57. The molecule has 2 fully saturated rings. The van der Waals surface area contributed by atoms with E-state index < -0.39 is 0 Å². The molecule has 4 unspecified atom stereocenters. The van der Waals surface area contributed by atoms with Crippen molar-refractivity contribution in [2.24, 2.45) is 29.6 Å². The Balaban J connectivity index is 1.76. The summed E-state index contributed by atoms with van der Waals surface area (Å²) >= 11 is 0. The number of hydrogen-bond donors (Lipinski definition) is 0. The first-order valence-electron chi connectivity index (χ1n) is 10.5. The molecule has 2 saturated carbocycles. The Hall–Kier alpha value is -0.300. The summed E-state index contributed by atoms with van der Waals surface area (Å²) in [5.74, 6) is 4.13. The van der Waals surface area contributed by atoms with Gasteiger partial charge in [0.1, 0.15) is 0 Å². The lowest BCUT2D eigenvalue weighted by Gasteiger charge is -2.38. The molecule has 2 aliphatic carbocycles. The Morgan fingerprint density at radius 1 is 0.870 bits per heavy atom. The third-order valence-electron chi connectivity index (χ3n) is 6.74. The Kier molecular flexibility index (Phi) is 8.16. The van der Waals surface area contributed by atoms with E-state index in [-0.39, 0.29) is 0 Å². The van der Waals surface area contributed by atoms with Crippen LogP contribution in [-0.4, -0.2) is 12.7 Å². The number of ether oxygens (including phenoxy) is 1. The van der Waals surface area contributed by atoms with Gasteiger partial charge in [-0.25, -0.2) is 0 Å². The van der Waals surface area contributed by atoms with E-state index >= 15 is 0 Å². The zero-order valence-electron chi connectivity index (χ0n) is 16.1. The lowest BCUT2D eigenvalue weighted by atomic mass is 9.71. The predicted molar refractivity (Wildman–Crippen MR) is 101 cm³/mol. The summed E-state index contributed by atoms with van der Waals surface area (Å²) in [6.45, 7) is 10.1. The third-order valence-corrected chi connectivity index (χ3v) is 6.74. The van der Waals surface area contributed by atoms with E-state index in [0.717, 1.165) is 30.3 Å². The fourth-order valence-electron chi connectivity index (χ4n) is 4.79. The Morgan fingerprint density at radius 2 is 1.61 bits per heavy atom. The predicted octanol–water partition coefficient (Wildman–Crippen LogP) is 6.63. The normalized spacial score (nSPS) is 39.0. The molecule has 0 amide bonds. The quantitative estimate of drug-likeness (QED) is 0.478. The highest BCUT2D eigenvalue weighted by atomic mass is 16.5. The molecule has 0 saturated heterocycles. The van der Waals surface area contributed by atoms with Crippen LogP contribution in [0.3, 0.4) is 0 Å². The zero-order valence-corrected chi connectivity index (χ0v) is 16.1. The smallest absolute Gasteiger partial charge is 0.0603 e. The van der Waals surface area contributed by atoms with Crippen molar-refractivity contribution >= 4 is 0 Å². The van der Waals surface area contributed by atoms with Gasteiger partial charge in [0.05, 0.1) is 6.10 Å². The SMILES string of the molecule is CCCCC1CCC(C=CC2CCC(OCC)C(C)C2C)CC1. The minimum atomic E-state index is 0.494. The zero-order chi connectivity index (χ0) is 16.7. The van der Waals surface area contributed by atoms with Crippen LogP contribution in [0.5, 0.6) is 0 Å². The second-order valence-corrected chi connectivity index (χ2v) is 8.26. The molecule has 0 radical (unpaired) electrons. The van der Waals surface area contributed by atoms with Crippen LogP contribution in [0, 0.1) is 29.6 Å². The van der Waals surface area contributed by atoms with Gasteiger partial charge in [0.2, 0.25) is 0 Å². The van der Waals surface area contributed by atoms with Crippen LogP contribution in [0.15, 0.2) is 12.2 Å². The number of hydrogen-bond acceptors (Lipinski definition) is 1. The average molecular weight is 321 g/mol. The number of allylic oxidation sites excluding steroid dienone is 2. The fourth-order valence-corrected chi connectivity index (χ4v) is 4.79. The van der Waals surface area contributed by atoms with Gasteiger partial charge < -0.3 is 4.74 Å². The lowest BCUT2D eigenvalue weighted by Crippen LogP contribution is -2.36. The molecular weight excluding hydrogens is 280 g/mol. The molecule has 0 aromatic carbocycles. The van der Waals surface area contributed by atoms with Crippen molar-refractivity contribution in [1.82, 2.24) is 0 Å². The van der Waals surface area contributed by atoms with Crippen molar-refractivity contribution in [3.05, 3.63) is 12.2 Å². The van der Waals surface area contributed by atoms with Crippen LogP contribution in [0.25, 0.3) is 0 Å². The van der Waals surface area contributed by atoms with Crippen molar-refractivity contribution < 1.29 is 4.74 Å². The highest BCUT2D eigenvalue weighted by molar-refractivity contribution is 4.99. The second kappa shape index (κ2) is 9.87. The molecule has 0 aromatic heterocycles. The van der Waals surface area contributed by atoms with Gasteiger partial charge in [-0.3, -0.25) is 0 Å². The Labute approximate surface area is 145 Å². The van der Waals surface area contributed by atoms with Gasteiger partial charge in [0.25, 0.3) is 0 Å². The summed E-state index contributed by atoms with van der Waals surface area (Å²) < 4.78 is 5.93. The van der Waals surface area contributed by atoms with Gasteiger partial charge in [-0.15, -0.1) is 0 Å². The maximum atomic E-state index is 5.93. The van der Waals surface area contributed by atoms with Gasteiger partial charge in [0, 0.05) is 6.61 Å². The molecule has 23 heavy (non-hydrogen) atoms. The minimum absolute atomic E-state index is 0.494. The molecule has 0 aliphatic heterocycles. The monoisotopic (exact) mass is 320 g/mol. The van der Waals surface area contributed by atoms with Gasteiger partial charge in [-0.2, -0.15) is 0 Å². The summed E-state index contributed by atoms with van der Waals surface area (Å²) in [5.41, 5.74) is 0. The molecule has 4 atom stereocenters. The first-order chi connectivity index (χ1) is 11.2. The summed E-state index contributed by atoms with van der Waals surface area (Å²) in [5, 5.41) is 0.